The van der Waals surface area contributed by atoms with Gasteiger partial charge >= 0.3 is 11.9 Å². The number of fused-ring (bicyclic) bond motifs is 5. The van der Waals surface area contributed by atoms with Crippen LogP contribution in [0.25, 0.3) is 0 Å². The van der Waals surface area contributed by atoms with Crippen LogP contribution in [0.1, 0.15) is 0 Å². The molecule has 1 heterocycles. The first-order valence-corrected chi connectivity index (χ1v) is 4.32. The Balaban J connectivity index is 2.09. The molecule has 1 saturated heterocycles. The molecule has 0 aromatic heterocycles. The van der Waals surface area contributed by atoms with Crippen molar-refractivity contribution >= 4 is 11.9 Å². The van der Waals surface area contributed by atoms with Crippen molar-refractivity contribution in [3.63, 3.8) is 0 Å². The summed E-state index contributed by atoms with van der Waals surface area (Å²) in [5.41, 5.74) is 0. The van der Waals surface area contributed by atoms with Crippen LogP contribution >= 0.6 is 0 Å². The van der Waals surface area contributed by atoms with Crippen molar-refractivity contribution in [1.29, 1.82) is 0 Å². The van der Waals surface area contributed by atoms with E-state index in [1.165, 1.54) is 0 Å². The summed E-state index contributed by atoms with van der Waals surface area (Å²) in [7, 11) is 0. The third-order valence-electron chi connectivity index (χ3n) is 3.31. The number of carbonyl (C=O) groups excluding carboxylic acids is 2. The Kier molecular flexibility index (Phi) is 1.12. The average molecular weight is 180 g/mol. The Morgan fingerprint density at radius 1 is 1.08 bits per heavy atom. The van der Waals surface area contributed by atoms with Gasteiger partial charge in [0.05, 0.1) is 17.9 Å². The minimum absolute atomic E-state index is 0.200. The summed E-state index contributed by atoms with van der Waals surface area (Å²) in [6.45, 7) is 0. The van der Waals surface area contributed by atoms with Gasteiger partial charge in [0.1, 0.15) is 0 Å². The molecule has 5 atom stereocenters. The fourth-order valence-corrected chi connectivity index (χ4v) is 2.73. The highest BCUT2D eigenvalue weighted by molar-refractivity contribution is 5.98. The molecule has 4 nitrogen and oxygen atoms in total. The normalized spacial score (nSPS) is 51.3. The summed E-state index contributed by atoms with van der Waals surface area (Å²) < 4.78 is 4.53. The number of esters is 2. The molecule has 13 heavy (non-hydrogen) atoms. The number of aliphatic hydroxyl groups is 1. The van der Waals surface area contributed by atoms with E-state index >= 15 is 0 Å². The maximum absolute atomic E-state index is 11.2. The topological polar surface area (TPSA) is 63.6 Å². The Hall–Kier alpha value is -1.16. The second-order valence-corrected chi connectivity index (χ2v) is 3.82. The van der Waals surface area contributed by atoms with Crippen LogP contribution in [-0.2, 0) is 14.3 Å². The van der Waals surface area contributed by atoms with Crippen LogP contribution < -0.4 is 0 Å². The van der Waals surface area contributed by atoms with Crippen LogP contribution in [0.15, 0.2) is 12.2 Å². The molecule has 2 fully saturated rings. The fraction of sp³-hybridized carbons (Fsp3) is 0.556. The van der Waals surface area contributed by atoms with E-state index in [1.54, 1.807) is 0 Å². The van der Waals surface area contributed by atoms with E-state index in [-0.39, 0.29) is 11.8 Å². The van der Waals surface area contributed by atoms with Gasteiger partial charge in [-0.3, -0.25) is 9.59 Å². The first kappa shape index (κ1) is 7.26. The van der Waals surface area contributed by atoms with Crippen LogP contribution in [0.3, 0.4) is 0 Å². The molecule has 0 amide bonds. The number of cyclic esters (lactones) is 2. The minimum Gasteiger partial charge on any atom is -0.393 e. The minimum atomic E-state index is -0.563. The first-order valence-electron chi connectivity index (χ1n) is 4.32. The van der Waals surface area contributed by atoms with Crippen molar-refractivity contribution in [2.75, 3.05) is 0 Å². The quantitative estimate of drug-likeness (QED) is 0.309. The third kappa shape index (κ3) is 0.659. The van der Waals surface area contributed by atoms with E-state index in [9.17, 15) is 14.7 Å². The van der Waals surface area contributed by atoms with E-state index in [0.717, 1.165) is 0 Å². The van der Waals surface area contributed by atoms with Crippen molar-refractivity contribution in [2.24, 2.45) is 23.7 Å². The van der Waals surface area contributed by atoms with Gasteiger partial charge in [0, 0.05) is 11.8 Å². The summed E-state index contributed by atoms with van der Waals surface area (Å²) in [4.78, 5) is 22.4. The van der Waals surface area contributed by atoms with Gasteiger partial charge in [0.2, 0.25) is 0 Å². The van der Waals surface area contributed by atoms with E-state index < -0.39 is 29.9 Å². The zero-order chi connectivity index (χ0) is 9.16. The molecule has 3 rings (SSSR count). The zero-order valence-corrected chi connectivity index (χ0v) is 6.71. The largest absolute Gasteiger partial charge is 0.393 e. The van der Waals surface area contributed by atoms with Gasteiger partial charge in [-0.2, -0.15) is 0 Å². The van der Waals surface area contributed by atoms with Crippen molar-refractivity contribution in [1.82, 2.24) is 0 Å². The van der Waals surface area contributed by atoms with Gasteiger partial charge in [0.15, 0.2) is 0 Å². The van der Waals surface area contributed by atoms with Crippen molar-refractivity contribution in [2.45, 2.75) is 6.10 Å². The number of aliphatic hydroxyl groups excluding tert-OH is 1. The number of ether oxygens (including phenoxy) is 1. The molecule has 0 radical (unpaired) electrons. The van der Waals surface area contributed by atoms with Crippen LogP contribution in [0, 0.1) is 23.7 Å². The summed E-state index contributed by atoms with van der Waals surface area (Å²) in [5.74, 6) is -2.17. The first-order chi connectivity index (χ1) is 6.20. The molecule has 4 heteroatoms. The predicted octanol–water partition coefficient (Wildman–Crippen LogP) is -0.521. The molecule has 1 N–H and O–H groups in total. The van der Waals surface area contributed by atoms with Gasteiger partial charge in [-0.15, -0.1) is 0 Å². The lowest BCUT2D eigenvalue weighted by molar-refractivity contribution is -0.155. The van der Waals surface area contributed by atoms with Gasteiger partial charge in [-0.1, -0.05) is 12.2 Å². The highest BCUT2D eigenvalue weighted by Crippen LogP contribution is 2.51. The maximum atomic E-state index is 11.2. The van der Waals surface area contributed by atoms with E-state index in [4.69, 9.17) is 0 Å². The summed E-state index contributed by atoms with van der Waals surface area (Å²) in [6, 6.07) is 0. The molecule has 1 aliphatic heterocycles. The van der Waals surface area contributed by atoms with Gasteiger partial charge < -0.3 is 9.84 Å². The lowest BCUT2D eigenvalue weighted by atomic mass is 9.85. The highest BCUT2D eigenvalue weighted by Gasteiger charge is 2.62. The molecule has 2 aliphatic carbocycles. The highest BCUT2D eigenvalue weighted by atomic mass is 16.6. The molecular formula is C9H8O4. The zero-order valence-electron chi connectivity index (χ0n) is 6.71. The Labute approximate surface area is 74.2 Å². The van der Waals surface area contributed by atoms with Crippen molar-refractivity contribution in [3.8, 4) is 0 Å². The molecule has 1 unspecified atom stereocenters. The molecular weight excluding hydrogens is 172 g/mol. The second-order valence-electron chi connectivity index (χ2n) is 3.82. The molecule has 1 saturated carbocycles. The predicted molar refractivity (Wildman–Crippen MR) is 40.2 cm³/mol. The van der Waals surface area contributed by atoms with Crippen LogP contribution in [0.5, 0.6) is 0 Å². The summed E-state index contributed by atoms with van der Waals surface area (Å²) in [5, 5.41) is 9.65. The van der Waals surface area contributed by atoms with E-state index in [1.807, 2.05) is 12.2 Å². The van der Waals surface area contributed by atoms with Crippen LogP contribution in [0.2, 0.25) is 0 Å². The van der Waals surface area contributed by atoms with Crippen LogP contribution in [0.4, 0.5) is 0 Å². The number of hydrogen-bond acceptors (Lipinski definition) is 4. The Bertz CT molecular complexity index is 303. The standard InChI is InChI=1S/C9H8O4/c10-7-3-1-2-4(7)6-5(3)8(11)13-9(6)12/h1-7,10H/t3-,4+,5+,6-,7?. The molecule has 0 aromatic rings. The molecule has 0 aromatic carbocycles. The Morgan fingerprint density at radius 3 is 2.00 bits per heavy atom. The van der Waals surface area contributed by atoms with Crippen molar-refractivity contribution < 1.29 is 19.4 Å². The maximum Gasteiger partial charge on any atom is 0.318 e. The molecule has 3 aliphatic rings. The third-order valence-corrected chi connectivity index (χ3v) is 3.31. The smallest absolute Gasteiger partial charge is 0.318 e. The van der Waals surface area contributed by atoms with E-state index in [2.05, 4.69) is 4.74 Å². The fourth-order valence-electron chi connectivity index (χ4n) is 2.73. The van der Waals surface area contributed by atoms with E-state index in [0.29, 0.717) is 0 Å². The number of hydrogen-bond donors (Lipinski definition) is 1. The lowest BCUT2D eigenvalue weighted by Crippen LogP contribution is -2.21. The Morgan fingerprint density at radius 2 is 1.54 bits per heavy atom. The number of carbonyl (C=O) groups is 2. The monoisotopic (exact) mass is 180 g/mol. The van der Waals surface area contributed by atoms with Gasteiger partial charge in [0.25, 0.3) is 0 Å². The number of rotatable bonds is 0. The molecule has 68 valence electrons. The average Bonchev–Trinajstić information content (AvgIpc) is 2.67. The molecule has 2 bridgehead atoms. The second kappa shape index (κ2) is 2.01. The lowest BCUT2D eigenvalue weighted by Gasteiger charge is -2.11. The van der Waals surface area contributed by atoms with Crippen LogP contribution in [-0.4, -0.2) is 23.1 Å². The summed E-state index contributed by atoms with van der Waals surface area (Å²) >= 11 is 0. The molecule has 0 spiro atoms. The van der Waals surface area contributed by atoms with Gasteiger partial charge in [-0.05, 0) is 0 Å². The van der Waals surface area contributed by atoms with Gasteiger partial charge in [-0.25, -0.2) is 0 Å². The summed E-state index contributed by atoms with van der Waals surface area (Å²) in [6.07, 6.45) is 3.07. The SMILES string of the molecule is O=C1OC(=O)[C@H]2[C@@H]1[C@H]1C=C[C@@H]2C1O. The van der Waals surface area contributed by atoms with Crippen molar-refractivity contribution in [3.05, 3.63) is 12.2 Å².